The maximum Gasteiger partial charge on any atom is 0.231 e. The first kappa shape index (κ1) is 23.5. The van der Waals surface area contributed by atoms with Crippen molar-refractivity contribution >= 4 is 0 Å². The van der Waals surface area contributed by atoms with Crippen molar-refractivity contribution in [2.24, 2.45) is 5.73 Å². The quantitative estimate of drug-likeness (QED) is 0.614. The smallest absolute Gasteiger partial charge is 0.231 e. The van der Waals surface area contributed by atoms with Crippen LogP contribution >= 0.6 is 0 Å². The second-order valence-corrected chi connectivity index (χ2v) is 10.3. The van der Waals surface area contributed by atoms with E-state index in [1.54, 1.807) is 13.2 Å². The molecule has 8 heteroatoms. The van der Waals surface area contributed by atoms with Crippen LogP contribution in [0.25, 0.3) is 0 Å². The van der Waals surface area contributed by atoms with Crippen molar-refractivity contribution in [3.8, 4) is 28.7 Å². The van der Waals surface area contributed by atoms with Crippen molar-refractivity contribution in [3.05, 3.63) is 52.1 Å². The highest BCUT2D eigenvalue weighted by Crippen LogP contribution is 2.57. The number of benzene rings is 2. The van der Waals surface area contributed by atoms with Gasteiger partial charge in [0.2, 0.25) is 6.79 Å². The van der Waals surface area contributed by atoms with Gasteiger partial charge in [-0.3, -0.25) is 9.80 Å². The molecule has 4 aliphatic rings. The highest BCUT2D eigenvalue weighted by atomic mass is 16.7. The van der Waals surface area contributed by atoms with Gasteiger partial charge in [-0.25, -0.2) is 0 Å². The Balaban J connectivity index is 1.55. The lowest BCUT2D eigenvalue weighted by atomic mass is 9.74. The number of phenols is 1. The van der Waals surface area contributed by atoms with Gasteiger partial charge in [0.1, 0.15) is 12.4 Å². The lowest BCUT2D eigenvalue weighted by molar-refractivity contribution is -0.0466. The summed E-state index contributed by atoms with van der Waals surface area (Å²) in [6.45, 7) is 9.79. The molecular formula is C28H35N3O5. The van der Waals surface area contributed by atoms with E-state index in [1.807, 2.05) is 13.8 Å². The van der Waals surface area contributed by atoms with Gasteiger partial charge in [0.15, 0.2) is 23.0 Å². The zero-order chi connectivity index (χ0) is 25.3. The Hall–Kier alpha value is -2.94. The monoisotopic (exact) mass is 493 g/mol. The maximum absolute atomic E-state index is 11.4. The lowest BCUT2D eigenvalue weighted by Gasteiger charge is -2.58. The normalized spacial score (nSPS) is 26.1. The number of aromatic hydroxyl groups is 1. The highest BCUT2D eigenvalue weighted by molar-refractivity contribution is 5.66. The molecule has 3 N–H and O–H groups in total. The number of hydrogen-bond donors (Lipinski definition) is 2. The summed E-state index contributed by atoms with van der Waals surface area (Å²) in [5.74, 6) is 3.19. The van der Waals surface area contributed by atoms with Gasteiger partial charge in [-0.05, 0) is 44.9 Å². The van der Waals surface area contributed by atoms with Crippen LogP contribution in [0.2, 0.25) is 0 Å². The molecule has 0 aliphatic carbocycles. The minimum atomic E-state index is -0.0457. The minimum Gasteiger partial charge on any atom is -0.504 e. The molecule has 0 spiro atoms. The Labute approximate surface area is 212 Å². The molecule has 192 valence electrons. The fourth-order valence-electron chi connectivity index (χ4n) is 7.12. The van der Waals surface area contributed by atoms with Crippen LogP contribution in [-0.4, -0.2) is 67.6 Å². The standard InChI is InChI=1S/C28H35N3O5/c1-6-7-34-26-15(3)27-28(36-13-35-27)22-18(26)10-19-23-21-16(8-14(2)25(33-5)24(21)32)9-17(30(23)4)12-31(19)20(22)11-29/h6,8,17,19-20,23,32H,1,7,9-13,29H2,2-5H3. The van der Waals surface area contributed by atoms with Crippen LogP contribution < -0.4 is 24.7 Å². The molecule has 4 heterocycles. The Morgan fingerprint density at radius 2 is 1.97 bits per heavy atom. The van der Waals surface area contributed by atoms with Crippen molar-refractivity contribution < 1.29 is 24.1 Å². The van der Waals surface area contributed by atoms with Gasteiger partial charge in [-0.1, -0.05) is 18.7 Å². The minimum absolute atomic E-state index is 0.0119. The summed E-state index contributed by atoms with van der Waals surface area (Å²) in [5.41, 5.74) is 12.8. The zero-order valence-corrected chi connectivity index (χ0v) is 21.5. The summed E-state index contributed by atoms with van der Waals surface area (Å²) in [7, 11) is 3.79. The maximum atomic E-state index is 11.4. The molecule has 4 unspecified atom stereocenters. The third kappa shape index (κ3) is 3.11. The molecule has 0 radical (unpaired) electrons. The lowest BCUT2D eigenvalue weighted by Crippen LogP contribution is -2.64. The number of piperazine rings is 1. The molecule has 0 amide bonds. The molecule has 1 fully saturated rings. The number of likely N-dealkylation sites (N-methyl/N-ethyl adjacent to an activating group) is 1. The van der Waals surface area contributed by atoms with E-state index in [9.17, 15) is 5.11 Å². The van der Waals surface area contributed by atoms with Crippen molar-refractivity contribution in [2.45, 2.75) is 50.9 Å². The van der Waals surface area contributed by atoms with E-state index in [4.69, 9.17) is 24.7 Å². The Morgan fingerprint density at radius 3 is 2.69 bits per heavy atom. The average molecular weight is 494 g/mol. The molecule has 2 aromatic rings. The first-order valence-corrected chi connectivity index (χ1v) is 12.7. The van der Waals surface area contributed by atoms with Crippen LogP contribution in [0.4, 0.5) is 0 Å². The molecule has 1 saturated heterocycles. The van der Waals surface area contributed by atoms with Crippen LogP contribution in [0.5, 0.6) is 28.7 Å². The summed E-state index contributed by atoms with van der Waals surface area (Å²) in [6, 6.07) is 2.54. The number of nitrogens with two attached hydrogens (primary N) is 1. The van der Waals surface area contributed by atoms with Gasteiger partial charge in [0, 0.05) is 47.4 Å². The summed E-state index contributed by atoms with van der Waals surface area (Å²) < 4.78 is 23.8. The van der Waals surface area contributed by atoms with Crippen LogP contribution in [0.15, 0.2) is 18.7 Å². The van der Waals surface area contributed by atoms with Crippen LogP contribution in [0.1, 0.15) is 45.5 Å². The second kappa shape index (κ2) is 8.57. The Morgan fingerprint density at radius 1 is 1.19 bits per heavy atom. The van der Waals surface area contributed by atoms with Gasteiger partial charge in [-0.15, -0.1) is 0 Å². The van der Waals surface area contributed by atoms with Crippen molar-refractivity contribution in [2.75, 3.05) is 40.6 Å². The number of ether oxygens (including phenoxy) is 4. The van der Waals surface area contributed by atoms with Crippen molar-refractivity contribution in [1.29, 1.82) is 0 Å². The third-order valence-corrected chi connectivity index (χ3v) is 8.60. The van der Waals surface area contributed by atoms with E-state index in [1.165, 1.54) is 5.56 Å². The first-order valence-electron chi connectivity index (χ1n) is 12.7. The summed E-state index contributed by atoms with van der Waals surface area (Å²) >= 11 is 0. The number of aryl methyl sites for hydroxylation is 1. The molecule has 36 heavy (non-hydrogen) atoms. The predicted octanol–water partition coefficient (Wildman–Crippen LogP) is 3.15. The predicted molar refractivity (Wildman–Crippen MR) is 136 cm³/mol. The van der Waals surface area contributed by atoms with E-state index < -0.39 is 0 Å². The number of phenolic OH excluding ortho intramolecular Hbond substituents is 1. The molecule has 0 saturated carbocycles. The average Bonchev–Trinajstić information content (AvgIpc) is 3.34. The van der Waals surface area contributed by atoms with Crippen molar-refractivity contribution in [1.82, 2.24) is 9.80 Å². The van der Waals surface area contributed by atoms with Crippen molar-refractivity contribution in [3.63, 3.8) is 0 Å². The first-order chi connectivity index (χ1) is 17.4. The molecular weight excluding hydrogens is 458 g/mol. The van der Waals surface area contributed by atoms with Crippen LogP contribution in [0, 0.1) is 13.8 Å². The summed E-state index contributed by atoms with van der Waals surface area (Å²) in [4.78, 5) is 4.96. The molecule has 0 aromatic heterocycles. The van der Waals surface area contributed by atoms with E-state index >= 15 is 0 Å². The Kier molecular flexibility index (Phi) is 5.59. The van der Waals surface area contributed by atoms with Gasteiger partial charge in [-0.2, -0.15) is 0 Å². The SMILES string of the molecule is C=CCOc1c(C)c2c(c3c1CC1C4c5c(cc(C)c(OC)c5O)CC(CN1C3CN)N4C)OCO2. The molecule has 4 aliphatic heterocycles. The van der Waals surface area contributed by atoms with Gasteiger partial charge in [0.25, 0.3) is 0 Å². The second-order valence-electron chi connectivity index (χ2n) is 10.3. The molecule has 8 nitrogen and oxygen atoms in total. The number of fused-ring (bicyclic) bond motifs is 9. The van der Waals surface area contributed by atoms with E-state index in [2.05, 4.69) is 29.5 Å². The largest absolute Gasteiger partial charge is 0.504 e. The van der Waals surface area contributed by atoms with Gasteiger partial charge < -0.3 is 29.8 Å². The third-order valence-electron chi connectivity index (χ3n) is 8.60. The van der Waals surface area contributed by atoms with Gasteiger partial charge in [0.05, 0.1) is 19.2 Å². The molecule has 4 atom stereocenters. The number of hydrogen-bond acceptors (Lipinski definition) is 8. The summed E-state index contributed by atoms with van der Waals surface area (Å²) in [6.07, 6.45) is 3.37. The number of rotatable bonds is 5. The molecule has 2 bridgehead atoms. The van der Waals surface area contributed by atoms with Gasteiger partial charge >= 0.3 is 0 Å². The van der Waals surface area contributed by atoms with E-state index in [0.717, 1.165) is 64.5 Å². The topological polar surface area (TPSA) is 89.7 Å². The summed E-state index contributed by atoms with van der Waals surface area (Å²) in [5, 5.41) is 11.4. The van der Waals surface area contributed by atoms with Crippen LogP contribution in [0.3, 0.4) is 0 Å². The van der Waals surface area contributed by atoms with E-state index in [-0.39, 0.29) is 30.7 Å². The fraction of sp³-hybridized carbons (Fsp3) is 0.500. The number of nitrogens with zero attached hydrogens (tertiary/aromatic N) is 2. The molecule has 2 aromatic carbocycles. The highest BCUT2D eigenvalue weighted by Gasteiger charge is 2.52. The number of methoxy groups -OCH3 is 1. The van der Waals surface area contributed by atoms with Crippen LogP contribution in [-0.2, 0) is 12.8 Å². The Bertz CT molecular complexity index is 1240. The zero-order valence-electron chi connectivity index (χ0n) is 21.5. The van der Waals surface area contributed by atoms with E-state index in [0.29, 0.717) is 24.9 Å². The fourth-order valence-corrected chi connectivity index (χ4v) is 7.12. The molecule has 6 rings (SSSR count).